The largest absolute Gasteiger partial charge is 0.468 e. The highest BCUT2D eigenvalue weighted by molar-refractivity contribution is 5.44. The van der Waals surface area contributed by atoms with Crippen LogP contribution < -0.4 is 4.74 Å². The molecule has 1 heterocycles. The topological polar surface area (TPSA) is 75.8 Å². The fraction of sp³-hybridized carbons (Fsp3) is 0.100. The Hall–Kier alpha value is -3.22. The van der Waals surface area contributed by atoms with Gasteiger partial charge in [-0.2, -0.15) is 0 Å². The summed E-state index contributed by atoms with van der Waals surface area (Å²) in [5.74, 6) is 0.676. The van der Waals surface area contributed by atoms with Crippen LogP contribution in [-0.4, -0.2) is 15.2 Å². The van der Waals surface area contributed by atoms with Gasteiger partial charge in [-0.05, 0) is 23.8 Å². The molecule has 1 N–H and O–H groups in total. The van der Waals surface area contributed by atoms with Gasteiger partial charge in [-0.1, -0.05) is 48.5 Å². The van der Waals surface area contributed by atoms with Crippen LogP contribution in [0.4, 0.5) is 5.69 Å². The van der Waals surface area contributed by atoms with Crippen molar-refractivity contribution in [3.05, 3.63) is 106 Å². The molecule has 6 nitrogen and oxygen atoms in total. The maximum Gasteiger partial charge on any atom is 0.269 e. The van der Waals surface area contributed by atoms with Crippen LogP contribution in [0, 0.1) is 10.1 Å². The number of nitro groups is 1. The molecule has 3 aromatic carbocycles. The zero-order chi connectivity index (χ0) is 18.1. The highest BCUT2D eigenvalue weighted by atomic mass is 16.6. The van der Waals surface area contributed by atoms with Gasteiger partial charge in [-0.15, -0.1) is 5.06 Å². The van der Waals surface area contributed by atoms with Crippen LogP contribution in [0.5, 0.6) is 5.75 Å². The maximum atomic E-state index is 10.9. The van der Waals surface area contributed by atoms with Gasteiger partial charge in [-0.3, -0.25) is 10.1 Å². The molecule has 0 saturated carbocycles. The second-order valence-corrected chi connectivity index (χ2v) is 6.05. The first-order valence-corrected chi connectivity index (χ1v) is 8.17. The number of para-hydroxylation sites is 1. The SMILES string of the molecule is O=[N+]([O-])c1ccc(C2Oc3ccccc3C(c3ccccc3)N2O)cc1. The monoisotopic (exact) mass is 348 g/mol. The van der Waals surface area contributed by atoms with E-state index in [9.17, 15) is 15.3 Å². The number of benzene rings is 3. The zero-order valence-electron chi connectivity index (χ0n) is 13.7. The lowest BCUT2D eigenvalue weighted by Gasteiger charge is -2.39. The molecule has 2 unspecified atom stereocenters. The number of nitro benzene ring substituents is 1. The van der Waals surface area contributed by atoms with Crippen molar-refractivity contribution in [3.8, 4) is 5.75 Å². The Balaban J connectivity index is 1.77. The Bertz CT molecular complexity index is 928. The Morgan fingerprint density at radius 1 is 0.885 bits per heavy atom. The summed E-state index contributed by atoms with van der Waals surface area (Å²) in [6, 6.07) is 22.8. The standard InChI is InChI=1S/C20H16N2O4/c23-21-19(14-6-2-1-3-7-14)17-8-4-5-9-18(17)26-20(21)15-10-12-16(13-11-15)22(24)25/h1-13,19-20,23H. The zero-order valence-corrected chi connectivity index (χ0v) is 13.7. The van der Waals surface area contributed by atoms with Gasteiger partial charge in [-0.25, -0.2) is 0 Å². The number of non-ortho nitro benzene ring substituents is 1. The van der Waals surface area contributed by atoms with Gasteiger partial charge in [0.2, 0.25) is 6.23 Å². The molecule has 26 heavy (non-hydrogen) atoms. The molecular formula is C20H16N2O4. The van der Waals surface area contributed by atoms with Crippen LogP contribution in [-0.2, 0) is 0 Å². The van der Waals surface area contributed by atoms with E-state index in [2.05, 4.69) is 0 Å². The van der Waals surface area contributed by atoms with E-state index in [1.165, 1.54) is 12.1 Å². The van der Waals surface area contributed by atoms with Gasteiger partial charge in [0.15, 0.2) is 0 Å². The van der Waals surface area contributed by atoms with Crippen LogP contribution in [0.25, 0.3) is 0 Å². The lowest BCUT2D eigenvalue weighted by atomic mass is 9.95. The Morgan fingerprint density at radius 2 is 1.54 bits per heavy atom. The Kier molecular flexibility index (Phi) is 4.12. The molecule has 1 aliphatic heterocycles. The first kappa shape index (κ1) is 16.3. The number of ether oxygens (including phenoxy) is 1. The number of hydroxylamine groups is 2. The van der Waals surface area contributed by atoms with Crippen LogP contribution >= 0.6 is 0 Å². The van der Waals surface area contributed by atoms with E-state index < -0.39 is 17.2 Å². The highest BCUT2D eigenvalue weighted by Gasteiger charge is 2.37. The summed E-state index contributed by atoms with van der Waals surface area (Å²) in [6.45, 7) is 0. The van der Waals surface area contributed by atoms with Gasteiger partial charge in [0.05, 0.1) is 11.0 Å². The van der Waals surface area contributed by atoms with Gasteiger partial charge >= 0.3 is 0 Å². The molecule has 1 aliphatic rings. The van der Waals surface area contributed by atoms with Crippen molar-refractivity contribution in [1.29, 1.82) is 0 Å². The summed E-state index contributed by atoms with van der Waals surface area (Å²) < 4.78 is 5.99. The third-order valence-electron chi connectivity index (χ3n) is 4.46. The van der Waals surface area contributed by atoms with Crippen LogP contribution in [0.3, 0.4) is 0 Å². The molecule has 0 bridgehead atoms. The summed E-state index contributed by atoms with van der Waals surface area (Å²) in [5.41, 5.74) is 2.42. The normalized spacial score (nSPS) is 19.4. The summed E-state index contributed by atoms with van der Waals surface area (Å²) in [6.07, 6.45) is -0.768. The summed E-state index contributed by atoms with van der Waals surface area (Å²) in [4.78, 5) is 10.4. The maximum absolute atomic E-state index is 10.9. The summed E-state index contributed by atoms with van der Waals surface area (Å²) >= 11 is 0. The van der Waals surface area contributed by atoms with Crippen molar-refractivity contribution in [2.45, 2.75) is 12.3 Å². The fourth-order valence-electron chi connectivity index (χ4n) is 3.21. The van der Waals surface area contributed by atoms with E-state index in [4.69, 9.17) is 4.74 Å². The van der Waals surface area contributed by atoms with Crippen molar-refractivity contribution >= 4 is 5.69 Å². The van der Waals surface area contributed by atoms with E-state index in [-0.39, 0.29) is 5.69 Å². The summed E-state index contributed by atoms with van der Waals surface area (Å²) in [7, 11) is 0. The van der Waals surface area contributed by atoms with Crippen molar-refractivity contribution < 1.29 is 14.9 Å². The number of nitrogens with zero attached hydrogens (tertiary/aromatic N) is 2. The van der Waals surface area contributed by atoms with Crippen LogP contribution in [0.2, 0.25) is 0 Å². The van der Waals surface area contributed by atoms with Crippen LogP contribution in [0.1, 0.15) is 29.0 Å². The second-order valence-electron chi connectivity index (χ2n) is 6.05. The minimum absolute atomic E-state index is 0.00550. The molecular weight excluding hydrogens is 332 g/mol. The molecule has 0 radical (unpaired) electrons. The molecule has 0 spiro atoms. The molecule has 4 rings (SSSR count). The third kappa shape index (κ3) is 2.81. The molecule has 2 atom stereocenters. The number of fused-ring (bicyclic) bond motifs is 1. The number of hydrogen-bond donors (Lipinski definition) is 1. The second kappa shape index (κ2) is 6.59. The Morgan fingerprint density at radius 3 is 2.23 bits per heavy atom. The molecule has 0 amide bonds. The molecule has 0 saturated heterocycles. The van der Waals surface area contributed by atoms with Gasteiger partial charge in [0, 0.05) is 23.3 Å². The van der Waals surface area contributed by atoms with E-state index >= 15 is 0 Å². The molecule has 0 fully saturated rings. The van der Waals surface area contributed by atoms with E-state index in [0.29, 0.717) is 11.3 Å². The average Bonchev–Trinajstić information content (AvgIpc) is 2.68. The predicted molar refractivity (Wildman–Crippen MR) is 94.8 cm³/mol. The molecule has 130 valence electrons. The van der Waals surface area contributed by atoms with E-state index in [1.54, 1.807) is 12.1 Å². The third-order valence-corrected chi connectivity index (χ3v) is 4.46. The number of hydrogen-bond acceptors (Lipinski definition) is 5. The van der Waals surface area contributed by atoms with Gasteiger partial charge < -0.3 is 9.94 Å². The van der Waals surface area contributed by atoms with Crippen molar-refractivity contribution in [3.63, 3.8) is 0 Å². The minimum atomic E-state index is -0.768. The molecule has 0 aliphatic carbocycles. The molecule has 6 heteroatoms. The fourth-order valence-corrected chi connectivity index (χ4v) is 3.21. The first-order valence-electron chi connectivity index (χ1n) is 8.17. The number of rotatable bonds is 3. The highest BCUT2D eigenvalue weighted by Crippen LogP contribution is 2.44. The van der Waals surface area contributed by atoms with Crippen LogP contribution in [0.15, 0.2) is 78.9 Å². The minimum Gasteiger partial charge on any atom is -0.468 e. The predicted octanol–water partition coefficient (Wildman–Crippen LogP) is 4.47. The smallest absolute Gasteiger partial charge is 0.269 e. The van der Waals surface area contributed by atoms with Crippen molar-refractivity contribution in [2.75, 3.05) is 0 Å². The quantitative estimate of drug-likeness (QED) is 0.558. The Labute approximate surface area is 150 Å². The lowest BCUT2D eigenvalue weighted by molar-refractivity contribution is -0.384. The van der Waals surface area contributed by atoms with Gasteiger partial charge in [0.1, 0.15) is 5.75 Å². The molecule has 3 aromatic rings. The molecule has 0 aromatic heterocycles. The van der Waals surface area contributed by atoms with E-state index in [1.807, 2.05) is 54.6 Å². The van der Waals surface area contributed by atoms with Crippen molar-refractivity contribution in [1.82, 2.24) is 5.06 Å². The van der Waals surface area contributed by atoms with Gasteiger partial charge in [0.25, 0.3) is 5.69 Å². The lowest BCUT2D eigenvalue weighted by Crippen LogP contribution is -2.37. The summed E-state index contributed by atoms with van der Waals surface area (Å²) in [5, 5.41) is 23.0. The van der Waals surface area contributed by atoms with E-state index in [0.717, 1.165) is 16.2 Å². The van der Waals surface area contributed by atoms with Crippen molar-refractivity contribution in [2.24, 2.45) is 0 Å². The first-order chi connectivity index (χ1) is 12.6. The average molecular weight is 348 g/mol.